The van der Waals surface area contributed by atoms with Crippen molar-refractivity contribution in [1.29, 1.82) is 0 Å². The van der Waals surface area contributed by atoms with E-state index >= 15 is 0 Å². The minimum Gasteiger partial charge on any atom is -0.374 e. The van der Waals surface area contributed by atoms with Gasteiger partial charge in [-0.05, 0) is 6.92 Å². The third kappa shape index (κ3) is 3.47. The molecular formula is C11H19N5OS. The Hall–Kier alpha value is -1.05. The highest BCUT2D eigenvalue weighted by Gasteiger charge is 2.14. The van der Waals surface area contributed by atoms with Gasteiger partial charge in [-0.1, -0.05) is 0 Å². The number of nitrogen functional groups attached to an aromatic ring is 1. The van der Waals surface area contributed by atoms with Gasteiger partial charge in [0.05, 0.1) is 0 Å². The lowest BCUT2D eigenvalue weighted by Crippen LogP contribution is -2.33. The Morgan fingerprint density at radius 1 is 1.44 bits per heavy atom. The maximum atomic E-state index is 5.44. The molecule has 2 heterocycles. The summed E-state index contributed by atoms with van der Waals surface area (Å²) in [6, 6.07) is 1.88. The van der Waals surface area contributed by atoms with E-state index in [1.54, 1.807) is 0 Å². The Labute approximate surface area is 111 Å². The first-order valence-electron chi connectivity index (χ1n) is 6.08. The zero-order chi connectivity index (χ0) is 12.8. The topological polar surface area (TPSA) is 76.3 Å². The zero-order valence-corrected chi connectivity index (χ0v) is 11.4. The summed E-state index contributed by atoms with van der Waals surface area (Å²) in [6.45, 7) is 5.05. The average molecular weight is 269 g/mol. The minimum atomic E-state index is 0.418. The van der Waals surface area contributed by atoms with E-state index in [1.807, 2.05) is 24.8 Å². The molecule has 2 rings (SSSR count). The molecule has 0 bridgehead atoms. The molecule has 0 aromatic carbocycles. The summed E-state index contributed by atoms with van der Waals surface area (Å²) >= 11 is 1.97. The monoisotopic (exact) mass is 269 g/mol. The molecule has 18 heavy (non-hydrogen) atoms. The lowest BCUT2D eigenvalue weighted by atomic mass is 10.4. The van der Waals surface area contributed by atoms with Crippen molar-refractivity contribution in [3.8, 4) is 0 Å². The number of nitrogens with two attached hydrogens (primary N) is 1. The number of hydrazine groups is 1. The van der Waals surface area contributed by atoms with Gasteiger partial charge in [0, 0.05) is 37.3 Å². The lowest BCUT2D eigenvalue weighted by Gasteiger charge is -2.27. The predicted molar refractivity (Wildman–Crippen MR) is 74.7 cm³/mol. The number of anilines is 2. The van der Waals surface area contributed by atoms with Crippen LogP contribution in [0.3, 0.4) is 0 Å². The molecule has 7 heteroatoms. The summed E-state index contributed by atoms with van der Waals surface area (Å²) < 4.78 is 5.35. The van der Waals surface area contributed by atoms with E-state index in [1.165, 1.54) is 0 Å². The number of hydrogen-bond acceptors (Lipinski definition) is 7. The number of nitrogens with zero attached hydrogens (tertiary/aromatic N) is 3. The number of hydrogen-bond donors (Lipinski definition) is 2. The first kappa shape index (κ1) is 13.4. The second-order valence-corrected chi connectivity index (χ2v) is 5.13. The van der Waals surface area contributed by atoms with Crippen LogP contribution < -0.4 is 16.2 Å². The van der Waals surface area contributed by atoms with E-state index in [2.05, 4.69) is 20.3 Å². The summed E-state index contributed by atoms with van der Waals surface area (Å²) in [4.78, 5) is 11.1. The standard InChI is InChI=1S/C11H19N5OS/c1-2-17-8-10-13-9(15-12)7-11(14-10)16-3-5-18-6-4-16/h7H,2-6,8,12H2,1H3,(H,13,14,15). The predicted octanol–water partition coefficient (Wildman–Crippen LogP) is 0.852. The molecule has 0 amide bonds. The van der Waals surface area contributed by atoms with E-state index in [9.17, 15) is 0 Å². The van der Waals surface area contributed by atoms with Crippen molar-refractivity contribution in [3.05, 3.63) is 11.9 Å². The molecule has 0 unspecified atom stereocenters. The van der Waals surface area contributed by atoms with Crippen molar-refractivity contribution in [3.63, 3.8) is 0 Å². The second kappa shape index (κ2) is 6.77. The van der Waals surface area contributed by atoms with Crippen molar-refractivity contribution in [2.45, 2.75) is 13.5 Å². The Morgan fingerprint density at radius 2 is 2.22 bits per heavy atom. The van der Waals surface area contributed by atoms with Crippen LogP contribution in [0, 0.1) is 0 Å². The van der Waals surface area contributed by atoms with Gasteiger partial charge in [0.2, 0.25) is 0 Å². The summed E-state index contributed by atoms with van der Waals surface area (Å²) in [6.07, 6.45) is 0. The fourth-order valence-electron chi connectivity index (χ4n) is 1.77. The Balaban J connectivity index is 2.16. The van der Waals surface area contributed by atoms with Crippen LogP contribution in [-0.4, -0.2) is 41.2 Å². The highest BCUT2D eigenvalue weighted by Crippen LogP contribution is 2.19. The molecule has 0 radical (unpaired) electrons. The van der Waals surface area contributed by atoms with Crippen LogP contribution in [0.2, 0.25) is 0 Å². The van der Waals surface area contributed by atoms with Gasteiger partial charge < -0.3 is 15.1 Å². The van der Waals surface area contributed by atoms with E-state index in [4.69, 9.17) is 10.6 Å². The quantitative estimate of drug-likeness (QED) is 0.606. The van der Waals surface area contributed by atoms with Gasteiger partial charge in [0.1, 0.15) is 18.2 Å². The number of ether oxygens (including phenoxy) is 1. The molecule has 6 nitrogen and oxygen atoms in total. The van der Waals surface area contributed by atoms with Crippen molar-refractivity contribution >= 4 is 23.4 Å². The van der Waals surface area contributed by atoms with Crippen LogP contribution in [-0.2, 0) is 11.3 Å². The fraction of sp³-hybridized carbons (Fsp3) is 0.636. The Bertz CT molecular complexity index is 384. The van der Waals surface area contributed by atoms with E-state index < -0.39 is 0 Å². The molecule has 100 valence electrons. The number of rotatable bonds is 5. The second-order valence-electron chi connectivity index (χ2n) is 3.91. The van der Waals surface area contributed by atoms with Gasteiger partial charge in [0.25, 0.3) is 0 Å². The zero-order valence-electron chi connectivity index (χ0n) is 10.6. The number of nitrogens with one attached hydrogen (secondary N) is 1. The number of aromatic nitrogens is 2. The highest BCUT2D eigenvalue weighted by atomic mass is 32.2. The van der Waals surface area contributed by atoms with Crippen molar-refractivity contribution in [2.24, 2.45) is 5.84 Å². The minimum absolute atomic E-state index is 0.418. The van der Waals surface area contributed by atoms with E-state index in [0.717, 1.165) is 30.4 Å². The molecule has 0 spiro atoms. The van der Waals surface area contributed by atoms with Crippen LogP contribution in [0.5, 0.6) is 0 Å². The lowest BCUT2D eigenvalue weighted by molar-refractivity contribution is 0.128. The Morgan fingerprint density at radius 3 is 2.89 bits per heavy atom. The van der Waals surface area contributed by atoms with Crippen LogP contribution in [0.25, 0.3) is 0 Å². The first-order chi connectivity index (χ1) is 8.83. The smallest absolute Gasteiger partial charge is 0.158 e. The molecular weight excluding hydrogens is 250 g/mol. The number of thioether (sulfide) groups is 1. The molecule has 1 saturated heterocycles. The van der Waals surface area contributed by atoms with Crippen LogP contribution in [0.4, 0.5) is 11.6 Å². The van der Waals surface area contributed by atoms with Crippen LogP contribution in [0.1, 0.15) is 12.7 Å². The molecule has 0 saturated carbocycles. The molecule has 0 atom stereocenters. The summed E-state index contributed by atoms with van der Waals surface area (Å²) in [5.74, 6) is 9.94. The van der Waals surface area contributed by atoms with E-state index in [-0.39, 0.29) is 0 Å². The summed E-state index contributed by atoms with van der Waals surface area (Å²) in [5.41, 5.74) is 2.58. The SMILES string of the molecule is CCOCc1nc(NN)cc(N2CCSCC2)n1. The van der Waals surface area contributed by atoms with E-state index in [0.29, 0.717) is 24.9 Å². The van der Waals surface area contributed by atoms with Crippen molar-refractivity contribution in [1.82, 2.24) is 9.97 Å². The maximum Gasteiger partial charge on any atom is 0.158 e. The molecule has 1 aromatic heterocycles. The first-order valence-corrected chi connectivity index (χ1v) is 7.24. The van der Waals surface area contributed by atoms with Crippen LogP contribution in [0.15, 0.2) is 6.07 Å². The molecule has 0 aliphatic carbocycles. The normalized spacial score (nSPS) is 15.8. The fourth-order valence-corrected chi connectivity index (χ4v) is 2.67. The Kier molecular flexibility index (Phi) is 5.03. The highest BCUT2D eigenvalue weighted by molar-refractivity contribution is 7.99. The molecule has 1 aliphatic rings. The van der Waals surface area contributed by atoms with Crippen molar-refractivity contribution < 1.29 is 4.74 Å². The third-order valence-corrected chi connectivity index (χ3v) is 3.62. The van der Waals surface area contributed by atoms with Gasteiger partial charge in [-0.25, -0.2) is 15.8 Å². The van der Waals surface area contributed by atoms with Crippen molar-refractivity contribution in [2.75, 3.05) is 41.5 Å². The molecule has 1 aliphatic heterocycles. The molecule has 1 aromatic rings. The van der Waals surface area contributed by atoms with Gasteiger partial charge >= 0.3 is 0 Å². The maximum absolute atomic E-state index is 5.44. The third-order valence-electron chi connectivity index (χ3n) is 2.68. The van der Waals surface area contributed by atoms with Gasteiger partial charge in [-0.15, -0.1) is 0 Å². The largest absolute Gasteiger partial charge is 0.374 e. The molecule has 3 N–H and O–H groups in total. The summed E-state index contributed by atoms with van der Waals surface area (Å²) in [5, 5.41) is 0. The van der Waals surface area contributed by atoms with Gasteiger partial charge in [-0.3, -0.25) is 0 Å². The van der Waals surface area contributed by atoms with Gasteiger partial charge in [0.15, 0.2) is 5.82 Å². The van der Waals surface area contributed by atoms with Gasteiger partial charge in [-0.2, -0.15) is 11.8 Å². The molecule has 1 fully saturated rings. The average Bonchev–Trinajstić information content (AvgIpc) is 2.45. The van der Waals surface area contributed by atoms with Crippen LogP contribution >= 0.6 is 11.8 Å². The summed E-state index contributed by atoms with van der Waals surface area (Å²) in [7, 11) is 0.